The molecule has 0 N–H and O–H groups in total. The first-order valence-electron chi connectivity index (χ1n) is 8.58. The average Bonchev–Trinajstić information content (AvgIpc) is 2.50. The molecule has 5 heteroatoms. The van der Waals surface area contributed by atoms with Crippen molar-refractivity contribution in [2.45, 2.75) is 71.8 Å². The van der Waals surface area contributed by atoms with Gasteiger partial charge in [-0.3, -0.25) is 4.79 Å². The van der Waals surface area contributed by atoms with Crippen LogP contribution in [0.5, 0.6) is 0 Å². The van der Waals surface area contributed by atoms with Crippen molar-refractivity contribution >= 4 is 11.6 Å². The van der Waals surface area contributed by atoms with Crippen LogP contribution >= 0.6 is 0 Å². The maximum absolute atomic E-state index is 14.3. The Balaban J connectivity index is 0.00000288. The van der Waals surface area contributed by atoms with Gasteiger partial charge in [0.15, 0.2) is 0 Å². The van der Waals surface area contributed by atoms with Gasteiger partial charge in [-0.25, -0.2) is 8.78 Å². The molecular weight excluding hydrogens is 344 g/mol. The van der Waals surface area contributed by atoms with E-state index in [9.17, 15) is 13.6 Å². The topological polar surface area (TPSA) is 20.3 Å². The molecule has 0 heterocycles. The fourth-order valence-electron chi connectivity index (χ4n) is 3.49. The fraction of sp³-hybridized carbons (Fsp3) is 0.632. The number of anilines is 1. The Morgan fingerprint density at radius 1 is 1.25 bits per heavy atom. The van der Waals surface area contributed by atoms with Crippen LogP contribution in [0.2, 0.25) is 0 Å². The van der Waals surface area contributed by atoms with Crippen molar-refractivity contribution in [1.82, 2.24) is 0 Å². The smallest absolute Gasteiger partial charge is 0.222 e. The van der Waals surface area contributed by atoms with Crippen LogP contribution in [-0.4, -0.2) is 11.9 Å². The summed E-state index contributed by atoms with van der Waals surface area (Å²) in [5.41, 5.74) is -0.403. The van der Waals surface area contributed by atoms with E-state index in [0.29, 0.717) is 0 Å². The summed E-state index contributed by atoms with van der Waals surface area (Å²) in [6.45, 7) is 5.84. The third-order valence-corrected chi connectivity index (χ3v) is 4.71. The molecule has 0 radical (unpaired) electrons. The first-order chi connectivity index (χ1) is 10.9. The van der Waals surface area contributed by atoms with Gasteiger partial charge in [0.1, 0.15) is 0 Å². The number of rotatable bonds is 5. The van der Waals surface area contributed by atoms with Crippen molar-refractivity contribution in [2.75, 3.05) is 4.90 Å². The Morgan fingerprint density at radius 2 is 1.88 bits per heavy atom. The number of hydrogen-bond donors (Lipinski definition) is 0. The SMILES string of the molecule is CCCC(C)(C)C(=O)N(c1ccc(F)[c-]c1F)C1CCCCC1.[Ti]. The molecule has 0 spiro atoms. The third kappa shape index (κ3) is 4.89. The molecule has 0 saturated heterocycles. The van der Waals surface area contributed by atoms with Gasteiger partial charge >= 0.3 is 0 Å². The summed E-state index contributed by atoms with van der Waals surface area (Å²) < 4.78 is 27.5. The second-order valence-electron chi connectivity index (χ2n) is 7.11. The number of carbonyl (C=O) groups is 1. The first kappa shape index (κ1) is 21.3. The molecule has 1 aromatic carbocycles. The van der Waals surface area contributed by atoms with Gasteiger partial charge in [0, 0.05) is 44.8 Å². The second-order valence-corrected chi connectivity index (χ2v) is 7.11. The Morgan fingerprint density at radius 3 is 2.42 bits per heavy atom. The zero-order chi connectivity index (χ0) is 17.0. The summed E-state index contributed by atoms with van der Waals surface area (Å²) >= 11 is 0. The summed E-state index contributed by atoms with van der Waals surface area (Å²) in [6.07, 6.45) is 6.58. The molecule has 0 unspecified atom stereocenters. The largest absolute Gasteiger partial charge is 0.360 e. The second kappa shape index (κ2) is 9.10. The van der Waals surface area contributed by atoms with Crippen LogP contribution in [-0.2, 0) is 26.5 Å². The molecular formula is C19H26F2NOTi-. The molecule has 1 amide bonds. The molecule has 1 fully saturated rings. The van der Waals surface area contributed by atoms with Crippen molar-refractivity contribution < 1.29 is 35.3 Å². The van der Waals surface area contributed by atoms with Crippen LogP contribution in [0.3, 0.4) is 0 Å². The molecule has 1 aromatic rings. The quantitative estimate of drug-likeness (QED) is 0.512. The standard InChI is InChI=1S/C19H26F2NO.Ti/c1-4-12-19(2,3)18(23)22(15-8-6-5-7-9-15)17-11-10-14(20)13-16(17)21;/h10-11,15H,4-9,12H2,1-3H3;/q-1;. The molecule has 1 saturated carbocycles. The number of amides is 1. The molecule has 1 aliphatic carbocycles. The van der Waals surface area contributed by atoms with Crippen molar-refractivity contribution in [3.05, 3.63) is 29.8 Å². The minimum Gasteiger partial charge on any atom is -0.360 e. The average molecular weight is 370 g/mol. The van der Waals surface area contributed by atoms with E-state index in [1.807, 2.05) is 20.8 Å². The van der Waals surface area contributed by atoms with Crippen LogP contribution in [0.15, 0.2) is 12.1 Å². The number of halogens is 2. The Kier molecular flexibility index (Phi) is 8.08. The van der Waals surface area contributed by atoms with Gasteiger partial charge in [-0.1, -0.05) is 46.5 Å². The zero-order valence-corrected chi connectivity index (χ0v) is 16.4. The number of nitrogens with zero attached hydrogens (tertiary/aromatic N) is 1. The van der Waals surface area contributed by atoms with Crippen LogP contribution < -0.4 is 4.90 Å². The summed E-state index contributed by atoms with van der Waals surface area (Å²) in [4.78, 5) is 14.7. The first-order valence-corrected chi connectivity index (χ1v) is 8.58. The number of hydrogen-bond acceptors (Lipinski definition) is 1. The van der Waals surface area contributed by atoms with Gasteiger partial charge in [0.25, 0.3) is 0 Å². The summed E-state index contributed by atoms with van der Waals surface area (Å²) in [5, 5.41) is 0. The van der Waals surface area contributed by atoms with E-state index in [0.717, 1.165) is 44.9 Å². The van der Waals surface area contributed by atoms with E-state index in [-0.39, 0.29) is 39.4 Å². The minimum absolute atomic E-state index is 0. The Labute approximate surface area is 158 Å². The molecule has 0 atom stereocenters. The van der Waals surface area contributed by atoms with Crippen LogP contribution in [0, 0.1) is 23.1 Å². The van der Waals surface area contributed by atoms with E-state index < -0.39 is 17.0 Å². The van der Waals surface area contributed by atoms with Gasteiger partial charge in [0.2, 0.25) is 5.91 Å². The van der Waals surface area contributed by atoms with E-state index in [4.69, 9.17) is 0 Å². The van der Waals surface area contributed by atoms with Gasteiger partial charge in [0.05, 0.1) is 0 Å². The summed E-state index contributed by atoms with van der Waals surface area (Å²) in [5.74, 6) is -1.60. The molecule has 24 heavy (non-hydrogen) atoms. The summed E-state index contributed by atoms with van der Waals surface area (Å²) in [7, 11) is 0. The molecule has 0 aromatic heterocycles. The predicted octanol–water partition coefficient (Wildman–Crippen LogP) is 5.25. The van der Waals surface area contributed by atoms with Crippen molar-refractivity contribution in [3.63, 3.8) is 0 Å². The van der Waals surface area contributed by atoms with E-state index >= 15 is 0 Å². The molecule has 0 aliphatic heterocycles. The van der Waals surface area contributed by atoms with Crippen molar-refractivity contribution in [2.24, 2.45) is 5.41 Å². The fourth-order valence-corrected chi connectivity index (χ4v) is 3.49. The van der Waals surface area contributed by atoms with Gasteiger partial charge in [-0.05, 0) is 24.9 Å². The van der Waals surface area contributed by atoms with Crippen LogP contribution in [0.1, 0.15) is 65.7 Å². The third-order valence-electron chi connectivity index (χ3n) is 4.71. The van der Waals surface area contributed by atoms with Crippen molar-refractivity contribution in [1.29, 1.82) is 0 Å². The Bertz CT molecular complexity index is 556. The Hall–Kier alpha value is -0.736. The molecule has 1 aliphatic rings. The normalized spacial score (nSPS) is 15.7. The number of carbonyl (C=O) groups excluding carboxylic acids is 1. The van der Waals surface area contributed by atoms with E-state index in [1.54, 1.807) is 4.90 Å². The van der Waals surface area contributed by atoms with E-state index in [2.05, 4.69) is 6.07 Å². The molecule has 2 rings (SSSR count). The van der Waals surface area contributed by atoms with Crippen LogP contribution in [0.4, 0.5) is 14.5 Å². The van der Waals surface area contributed by atoms with Crippen LogP contribution in [0.25, 0.3) is 0 Å². The van der Waals surface area contributed by atoms with E-state index in [1.165, 1.54) is 12.1 Å². The van der Waals surface area contributed by atoms with Crippen molar-refractivity contribution in [3.8, 4) is 0 Å². The molecule has 2 nitrogen and oxygen atoms in total. The number of benzene rings is 1. The zero-order valence-electron chi connectivity index (χ0n) is 14.8. The predicted molar refractivity (Wildman–Crippen MR) is 88.2 cm³/mol. The summed E-state index contributed by atoms with van der Waals surface area (Å²) in [6, 6.07) is 4.60. The maximum Gasteiger partial charge on any atom is 0.222 e. The monoisotopic (exact) mass is 370 g/mol. The maximum atomic E-state index is 14.3. The molecule has 132 valence electrons. The molecule has 0 bridgehead atoms. The van der Waals surface area contributed by atoms with Gasteiger partial charge < -0.3 is 4.90 Å². The van der Waals surface area contributed by atoms with Gasteiger partial charge in [-0.2, -0.15) is 0 Å². The van der Waals surface area contributed by atoms with Gasteiger partial charge in [-0.15, -0.1) is 18.2 Å². The minimum atomic E-state index is -0.781.